The Morgan fingerprint density at radius 2 is 1.46 bits per heavy atom. The molecule has 0 radical (unpaired) electrons. The average molecular weight is 356 g/mol. The maximum atomic E-state index is 11.7. The lowest BCUT2D eigenvalue weighted by Crippen LogP contribution is -2.17. The fraction of sp³-hybridized carbons (Fsp3) is 0.409. The van der Waals surface area contributed by atoms with Crippen LogP contribution >= 0.6 is 0 Å². The van der Waals surface area contributed by atoms with E-state index in [2.05, 4.69) is 31.2 Å². The molecule has 0 fully saturated rings. The van der Waals surface area contributed by atoms with Crippen LogP contribution in [-0.2, 0) is 20.6 Å². The van der Waals surface area contributed by atoms with Gasteiger partial charge in [-0.05, 0) is 55.5 Å². The van der Waals surface area contributed by atoms with Gasteiger partial charge in [0.05, 0.1) is 18.8 Å². The van der Waals surface area contributed by atoms with Gasteiger partial charge < -0.3 is 14.2 Å². The monoisotopic (exact) mass is 356 g/mol. The molecule has 0 bridgehead atoms. The molecule has 2 aromatic carbocycles. The summed E-state index contributed by atoms with van der Waals surface area (Å²) in [6, 6.07) is 15.9. The standard InChI is InChI=1S/C22H28O4/c1-4-21(24-5-2)26-16-15-17-7-9-18(10-8-17)19-11-13-20(14-12-19)22(23)25-6-3/h7-14,21H,4-6,15-16H2,1-3H3. The van der Waals surface area contributed by atoms with Crippen molar-refractivity contribution in [2.75, 3.05) is 19.8 Å². The van der Waals surface area contributed by atoms with Crippen molar-refractivity contribution in [3.05, 3.63) is 59.7 Å². The predicted octanol–water partition coefficient (Wildman–Crippen LogP) is 4.86. The number of carbonyl (C=O) groups excluding carboxylic acids is 1. The fourth-order valence-electron chi connectivity index (χ4n) is 2.65. The number of ether oxygens (including phenoxy) is 3. The zero-order chi connectivity index (χ0) is 18.8. The molecule has 0 amide bonds. The van der Waals surface area contributed by atoms with Crippen LogP contribution in [0.1, 0.15) is 43.1 Å². The van der Waals surface area contributed by atoms with Crippen molar-refractivity contribution in [2.24, 2.45) is 0 Å². The summed E-state index contributed by atoms with van der Waals surface area (Å²) in [5.41, 5.74) is 3.99. The van der Waals surface area contributed by atoms with Crippen LogP contribution in [-0.4, -0.2) is 32.1 Å². The van der Waals surface area contributed by atoms with Crippen molar-refractivity contribution in [2.45, 2.75) is 39.9 Å². The van der Waals surface area contributed by atoms with Gasteiger partial charge in [0.25, 0.3) is 0 Å². The van der Waals surface area contributed by atoms with Gasteiger partial charge in [0, 0.05) is 6.61 Å². The summed E-state index contributed by atoms with van der Waals surface area (Å²) < 4.78 is 16.2. The SMILES string of the molecule is CCOC(=O)c1ccc(-c2ccc(CCOC(CC)OCC)cc2)cc1. The Morgan fingerprint density at radius 1 is 0.846 bits per heavy atom. The highest BCUT2D eigenvalue weighted by molar-refractivity contribution is 5.90. The number of carbonyl (C=O) groups is 1. The molecule has 0 saturated heterocycles. The second-order valence-electron chi connectivity index (χ2n) is 5.91. The van der Waals surface area contributed by atoms with Gasteiger partial charge in [0.2, 0.25) is 0 Å². The highest BCUT2D eigenvalue weighted by atomic mass is 16.7. The van der Waals surface area contributed by atoms with E-state index in [4.69, 9.17) is 14.2 Å². The molecule has 2 rings (SSSR count). The molecule has 0 heterocycles. The van der Waals surface area contributed by atoms with Gasteiger partial charge in [-0.3, -0.25) is 0 Å². The van der Waals surface area contributed by atoms with Crippen molar-refractivity contribution in [1.29, 1.82) is 0 Å². The molecule has 0 N–H and O–H groups in total. The molecule has 140 valence electrons. The Morgan fingerprint density at radius 3 is 2.00 bits per heavy atom. The quantitative estimate of drug-likeness (QED) is 0.450. The Labute approximate surface area is 156 Å². The summed E-state index contributed by atoms with van der Waals surface area (Å²) >= 11 is 0. The molecule has 4 nitrogen and oxygen atoms in total. The second kappa shape index (κ2) is 10.7. The van der Waals surface area contributed by atoms with Crippen LogP contribution in [0.3, 0.4) is 0 Å². The van der Waals surface area contributed by atoms with Crippen molar-refractivity contribution in [1.82, 2.24) is 0 Å². The summed E-state index contributed by atoms with van der Waals surface area (Å²) in [6.07, 6.45) is 1.59. The minimum atomic E-state index is -0.285. The Kier molecular flexibility index (Phi) is 8.32. The molecule has 0 aromatic heterocycles. The van der Waals surface area contributed by atoms with Crippen molar-refractivity contribution < 1.29 is 19.0 Å². The smallest absolute Gasteiger partial charge is 0.338 e. The molecular weight excluding hydrogens is 328 g/mol. The minimum absolute atomic E-state index is 0.114. The zero-order valence-electron chi connectivity index (χ0n) is 15.9. The summed E-state index contributed by atoms with van der Waals surface area (Å²) in [6.45, 7) is 7.54. The molecular formula is C22H28O4. The van der Waals surface area contributed by atoms with E-state index in [0.29, 0.717) is 25.4 Å². The van der Waals surface area contributed by atoms with E-state index in [-0.39, 0.29) is 12.3 Å². The Bertz CT molecular complexity index is 662. The topological polar surface area (TPSA) is 44.8 Å². The van der Waals surface area contributed by atoms with E-state index in [1.54, 1.807) is 19.1 Å². The maximum absolute atomic E-state index is 11.7. The third-order valence-electron chi connectivity index (χ3n) is 4.06. The first-order valence-electron chi connectivity index (χ1n) is 9.27. The van der Waals surface area contributed by atoms with Crippen LogP contribution in [0.15, 0.2) is 48.5 Å². The third kappa shape index (κ3) is 5.97. The van der Waals surface area contributed by atoms with Gasteiger partial charge in [0.1, 0.15) is 0 Å². The lowest BCUT2D eigenvalue weighted by molar-refractivity contribution is -0.139. The van der Waals surface area contributed by atoms with E-state index < -0.39 is 0 Å². The van der Waals surface area contributed by atoms with E-state index in [1.807, 2.05) is 19.1 Å². The minimum Gasteiger partial charge on any atom is -0.462 e. The zero-order valence-corrected chi connectivity index (χ0v) is 15.9. The van der Waals surface area contributed by atoms with Crippen molar-refractivity contribution >= 4 is 5.97 Å². The third-order valence-corrected chi connectivity index (χ3v) is 4.06. The van der Waals surface area contributed by atoms with Crippen LogP contribution in [0, 0.1) is 0 Å². The number of benzene rings is 2. The first kappa shape index (κ1) is 20.1. The number of esters is 1. The molecule has 0 aliphatic heterocycles. The van der Waals surface area contributed by atoms with Gasteiger partial charge in [-0.25, -0.2) is 4.79 Å². The largest absolute Gasteiger partial charge is 0.462 e. The fourth-order valence-corrected chi connectivity index (χ4v) is 2.65. The van der Waals surface area contributed by atoms with Gasteiger partial charge in [-0.2, -0.15) is 0 Å². The van der Waals surface area contributed by atoms with Crippen LogP contribution in [0.25, 0.3) is 11.1 Å². The Balaban J connectivity index is 1.91. The van der Waals surface area contributed by atoms with Crippen molar-refractivity contribution in [3.63, 3.8) is 0 Å². The Hall–Kier alpha value is -2.17. The number of hydrogen-bond donors (Lipinski definition) is 0. The predicted molar refractivity (Wildman–Crippen MR) is 103 cm³/mol. The van der Waals surface area contributed by atoms with E-state index in [1.165, 1.54) is 5.56 Å². The highest BCUT2D eigenvalue weighted by Gasteiger charge is 2.07. The molecule has 0 aliphatic rings. The number of hydrogen-bond acceptors (Lipinski definition) is 4. The van der Waals surface area contributed by atoms with E-state index in [9.17, 15) is 4.79 Å². The summed E-state index contributed by atoms with van der Waals surface area (Å²) in [5, 5.41) is 0. The molecule has 2 aromatic rings. The average Bonchev–Trinajstić information content (AvgIpc) is 2.68. The lowest BCUT2D eigenvalue weighted by Gasteiger charge is -2.15. The molecule has 4 heteroatoms. The normalized spacial score (nSPS) is 12.0. The van der Waals surface area contributed by atoms with Gasteiger partial charge in [-0.1, -0.05) is 43.3 Å². The molecule has 0 spiro atoms. The molecule has 0 aliphatic carbocycles. The maximum Gasteiger partial charge on any atom is 0.338 e. The molecule has 0 saturated carbocycles. The van der Waals surface area contributed by atoms with Crippen molar-refractivity contribution in [3.8, 4) is 11.1 Å². The van der Waals surface area contributed by atoms with Crippen LogP contribution in [0.5, 0.6) is 0 Å². The number of rotatable bonds is 10. The highest BCUT2D eigenvalue weighted by Crippen LogP contribution is 2.21. The van der Waals surface area contributed by atoms with Gasteiger partial charge in [-0.15, -0.1) is 0 Å². The van der Waals surface area contributed by atoms with Gasteiger partial charge in [0.15, 0.2) is 6.29 Å². The first-order chi connectivity index (χ1) is 12.7. The van der Waals surface area contributed by atoms with Crippen LogP contribution in [0.4, 0.5) is 0 Å². The summed E-state index contributed by atoms with van der Waals surface area (Å²) in [4.78, 5) is 11.7. The van der Waals surface area contributed by atoms with E-state index in [0.717, 1.165) is 24.0 Å². The van der Waals surface area contributed by atoms with Crippen LogP contribution in [0.2, 0.25) is 0 Å². The van der Waals surface area contributed by atoms with Gasteiger partial charge >= 0.3 is 5.97 Å². The second-order valence-corrected chi connectivity index (χ2v) is 5.91. The molecule has 1 unspecified atom stereocenters. The summed E-state index contributed by atoms with van der Waals surface area (Å²) in [5.74, 6) is -0.285. The molecule has 26 heavy (non-hydrogen) atoms. The summed E-state index contributed by atoms with van der Waals surface area (Å²) in [7, 11) is 0. The molecule has 1 atom stereocenters. The lowest BCUT2D eigenvalue weighted by atomic mass is 10.0. The first-order valence-corrected chi connectivity index (χ1v) is 9.27. The van der Waals surface area contributed by atoms with E-state index >= 15 is 0 Å². The van der Waals surface area contributed by atoms with Crippen LogP contribution < -0.4 is 0 Å².